The maximum atomic E-state index is 13.5. The van der Waals surface area contributed by atoms with Crippen LogP contribution >= 0.6 is 0 Å². The second-order valence-corrected chi connectivity index (χ2v) is 15.5. The summed E-state index contributed by atoms with van der Waals surface area (Å²) >= 11 is 0. The normalized spacial score (nSPS) is 25.4. The van der Waals surface area contributed by atoms with Crippen molar-refractivity contribution in [3.05, 3.63) is 129 Å². The van der Waals surface area contributed by atoms with Gasteiger partial charge >= 0.3 is 0 Å². The number of aryl methyl sites for hydroxylation is 2. The maximum Gasteiger partial charge on any atom is 0.281 e. The smallest absolute Gasteiger partial charge is 0.281 e. The van der Waals surface area contributed by atoms with E-state index in [0.29, 0.717) is 22.3 Å². The van der Waals surface area contributed by atoms with Crippen molar-refractivity contribution < 1.29 is 25.9 Å². The monoisotopic (exact) mass is 714 g/mol. The lowest BCUT2D eigenvalue weighted by Crippen LogP contribution is -2.61. The summed E-state index contributed by atoms with van der Waals surface area (Å²) in [6.07, 6.45) is 0. The van der Waals surface area contributed by atoms with Gasteiger partial charge in [-0.05, 0) is 58.4 Å². The van der Waals surface area contributed by atoms with Crippen molar-refractivity contribution in [3.63, 3.8) is 0 Å². The first-order valence-corrected chi connectivity index (χ1v) is 18.0. The molecule has 0 amide bonds. The van der Waals surface area contributed by atoms with E-state index >= 15 is 0 Å². The van der Waals surface area contributed by atoms with E-state index in [1.54, 1.807) is 62.4 Å². The van der Waals surface area contributed by atoms with E-state index in [1.165, 1.54) is 36.4 Å². The van der Waals surface area contributed by atoms with Crippen molar-refractivity contribution in [2.75, 3.05) is 0 Å². The van der Waals surface area contributed by atoms with E-state index in [4.69, 9.17) is 34.0 Å². The van der Waals surface area contributed by atoms with Crippen LogP contribution in [0.4, 0.5) is 0 Å². The number of hydrogen-bond donors (Lipinski definition) is 8. The van der Waals surface area contributed by atoms with Gasteiger partial charge in [-0.15, -0.1) is 0 Å². The van der Waals surface area contributed by atoms with Crippen molar-refractivity contribution in [1.82, 2.24) is 0 Å². The zero-order valence-corrected chi connectivity index (χ0v) is 28.4. The van der Waals surface area contributed by atoms with Crippen LogP contribution in [0.1, 0.15) is 44.5 Å². The lowest BCUT2D eigenvalue weighted by Gasteiger charge is -2.43. The Hall–Kier alpha value is -5.10. The summed E-state index contributed by atoms with van der Waals surface area (Å²) in [7, 11) is -10.1. The lowest BCUT2D eigenvalue weighted by atomic mass is 9.71. The summed E-state index contributed by atoms with van der Waals surface area (Å²) in [6.45, 7) is 3.30. The van der Waals surface area contributed by atoms with Crippen LogP contribution < -0.4 is 23.2 Å². The van der Waals surface area contributed by atoms with Crippen molar-refractivity contribution >= 4 is 43.1 Å². The fourth-order valence-electron chi connectivity index (χ4n) is 7.67. The molecule has 16 heteroatoms. The number of nitrogens with zero attached hydrogens (tertiary/aromatic N) is 2. The van der Waals surface area contributed by atoms with Gasteiger partial charge in [0.25, 0.3) is 20.2 Å². The molecular formula is C34H34N8O6S2. The third-order valence-corrected chi connectivity index (χ3v) is 12.9. The number of nitrogens with one attached hydrogen (secondary N) is 2. The quantitative estimate of drug-likeness (QED) is 0.0848. The van der Waals surface area contributed by atoms with Gasteiger partial charge in [0.15, 0.2) is 9.49 Å². The molecule has 0 bridgehead atoms. The van der Waals surface area contributed by atoms with Gasteiger partial charge in [0.05, 0.1) is 23.5 Å². The van der Waals surface area contributed by atoms with Crippen LogP contribution in [0, 0.1) is 24.7 Å². The molecule has 4 aromatic carbocycles. The molecule has 0 fully saturated rings. The molecule has 0 saturated carbocycles. The summed E-state index contributed by atoms with van der Waals surface area (Å²) in [6, 6.07) is 19.0. The molecule has 12 N–H and O–H groups in total. The Balaban J connectivity index is 1.55. The van der Waals surface area contributed by atoms with Gasteiger partial charge in [-0.25, -0.2) is 0 Å². The molecule has 0 aliphatic heterocycles. The second kappa shape index (κ2) is 11.8. The first-order valence-electron chi connectivity index (χ1n) is 15.1. The first kappa shape index (κ1) is 34.8. The summed E-state index contributed by atoms with van der Waals surface area (Å²) in [5.74, 6) is 11.2. The minimum atomic E-state index is -5.04. The van der Waals surface area contributed by atoms with Crippen LogP contribution in [-0.4, -0.2) is 60.9 Å². The molecule has 2 aliphatic rings. The zero-order valence-electron chi connectivity index (χ0n) is 26.8. The summed E-state index contributed by atoms with van der Waals surface area (Å²) in [4.78, 5) is 0. The van der Waals surface area contributed by atoms with Gasteiger partial charge in [-0.3, -0.25) is 19.9 Å². The predicted molar refractivity (Wildman–Crippen MR) is 192 cm³/mol. The molecule has 4 atom stereocenters. The van der Waals surface area contributed by atoms with Crippen LogP contribution in [0.15, 0.2) is 95.1 Å². The SMILES string of the molecule is Cc1cc(-c2ccc(C3(S(=O)(=O)O)c4ccccc4C(=N)C(=NN)C3N)c(C)c2)ccc1C1(S(=O)(=O)O)c2ccccc2C(=N)C(=NN)C1N. The van der Waals surface area contributed by atoms with Gasteiger partial charge < -0.3 is 23.2 Å². The summed E-state index contributed by atoms with van der Waals surface area (Å²) < 4.78 is 71.2. The molecular weight excluding hydrogens is 681 g/mol. The number of fused-ring (bicyclic) bond motifs is 2. The average molecular weight is 715 g/mol. The van der Waals surface area contributed by atoms with Gasteiger partial charge in [0.1, 0.15) is 11.4 Å². The van der Waals surface area contributed by atoms with E-state index in [2.05, 4.69) is 10.2 Å². The molecule has 258 valence electrons. The largest absolute Gasteiger partial charge is 0.323 e. The number of benzene rings is 4. The highest BCUT2D eigenvalue weighted by atomic mass is 32.2. The van der Waals surface area contributed by atoms with E-state index in [9.17, 15) is 25.9 Å². The maximum absolute atomic E-state index is 13.5. The molecule has 4 unspecified atom stereocenters. The van der Waals surface area contributed by atoms with Crippen LogP contribution in [0.2, 0.25) is 0 Å². The average Bonchev–Trinajstić information content (AvgIpc) is 3.05. The number of hydrazone groups is 2. The predicted octanol–water partition coefficient (Wildman–Crippen LogP) is 2.28. The number of rotatable bonds is 5. The molecule has 2 aliphatic carbocycles. The first-order chi connectivity index (χ1) is 23.5. The molecule has 6 rings (SSSR count). The fourth-order valence-corrected chi connectivity index (χ4v) is 10.5. The van der Waals surface area contributed by atoms with Crippen LogP contribution in [0.3, 0.4) is 0 Å². The topological polar surface area (TPSA) is 285 Å². The van der Waals surface area contributed by atoms with Crippen molar-refractivity contribution in [3.8, 4) is 11.1 Å². The Morgan fingerprint density at radius 1 is 0.600 bits per heavy atom. The Labute approximate surface area is 288 Å². The van der Waals surface area contributed by atoms with Crippen molar-refractivity contribution in [2.24, 2.45) is 33.4 Å². The minimum Gasteiger partial charge on any atom is -0.323 e. The van der Waals surface area contributed by atoms with Crippen LogP contribution in [0.25, 0.3) is 11.1 Å². The van der Waals surface area contributed by atoms with Crippen molar-refractivity contribution in [2.45, 2.75) is 35.4 Å². The third-order valence-electron chi connectivity index (χ3n) is 9.85. The van der Waals surface area contributed by atoms with Gasteiger partial charge in [0, 0.05) is 11.1 Å². The molecule has 0 radical (unpaired) electrons. The van der Waals surface area contributed by atoms with E-state index in [1.807, 2.05) is 0 Å². The van der Waals surface area contributed by atoms with Crippen LogP contribution in [-0.2, 0) is 29.7 Å². The fraction of sp³-hybridized carbons (Fsp3) is 0.176. The highest BCUT2D eigenvalue weighted by molar-refractivity contribution is 7.87. The Bertz CT molecular complexity index is 2260. The summed E-state index contributed by atoms with van der Waals surface area (Å²) in [5, 5.41) is 24.5. The standard InChI is InChI=1S/C34H34N8O6S2/c1-17-15-19(11-13-23(17)33(49(43,44)45)25-9-5-3-7-21(25)27(35)29(41-39)31(33)37)20-12-14-24(18(2)16-20)34(50(46,47)48)26-10-6-4-8-22(26)28(36)30(42-40)32(34)38/h3-16,31-32,35-36H,37-40H2,1-2H3,(H,43,44,45)(H,46,47,48). The summed E-state index contributed by atoms with van der Waals surface area (Å²) in [5.41, 5.74) is 15.2. The van der Waals surface area contributed by atoms with Crippen molar-refractivity contribution in [1.29, 1.82) is 10.8 Å². The molecule has 14 nitrogen and oxygen atoms in total. The zero-order chi connectivity index (χ0) is 36.6. The molecule has 0 saturated heterocycles. The highest BCUT2D eigenvalue weighted by Crippen LogP contribution is 2.49. The Morgan fingerprint density at radius 2 is 0.940 bits per heavy atom. The van der Waals surface area contributed by atoms with E-state index in [0.717, 1.165) is 0 Å². The number of hydrogen-bond acceptors (Lipinski definition) is 12. The Kier molecular flexibility index (Phi) is 8.17. The highest BCUT2D eigenvalue weighted by Gasteiger charge is 2.60. The molecule has 0 heterocycles. The minimum absolute atomic E-state index is 0.0940. The second-order valence-electron chi connectivity index (χ2n) is 12.3. The third kappa shape index (κ3) is 4.53. The van der Waals surface area contributed by atoms with E-state index < -0.39 is 41.8 Å². The molecule has 0 spiro atoms. The number of nitrogens with two attached hydrogens (primary N) is 4. The van der Waals surface area contributed by atoms with Gasteiger partial charge in [-0.1, -0.05) is 84.9 Å². The lowest BCUT2D eigenvalue weighted by molar-refractivity contribution is 0.433. The molecule has 4 aromatic rings. The Morgan fingerprint density at radius 3 is 1.24 bits per heavy atom. The van der Waals surface area contributed by atoms with E-state index in [-0.39, 0.29) is 56.2 Å². The van der Waals surface area contributed by atoms with Gasteiger partial charge in [0.2, 0.25) is 0 Å². The van der Waals surface area contributed by atoms with Crippen LogP contribution in [0.5, 0.6) is 0 Å². The molecule has 0 aromatic heterocycles. The van der Waals surface area contributed by atoms with Gasteiger partial charge in [-0.2, -0.15) is 27.0 Å². The molecule has 50 heavy (non-hydrogen) atoms.